The molecule has 0 saturated carbocycles. The summed E-state index contributed by atoms with van der Waals surface area (Å²) in [5, 5.41) is 20.9. The van der Waals surface area contributed by atoms with E-state index in [1.807, 2.05) is 25.3 Å². The van der Waals surface area contributed by atoms with Gasteiger partial charge in [-0.3, -0.25) is 0 Å². The lowest BCUT2D eigenvalue weighted by Gasteiger charge is -2.07. The Labute approximate surface area is 100 Å². The lowest BCUT2D eigenvalue weighted by Crippen LogP contribution is -2.14. The predicted molar refractivity (Wildman–Crippen MR) is 67.7 cm³/mol. The van der Waals surface area contributed by atoms with E-state index in [9.17, 15) is 0 Å². The molecule has 1 aromatic rings. The summed E-state index contributed by atoms with van der Waals surface area (Å²) in [6.45, 7) is 2.72. The molecule has 0 saturated heterocycles. The molecule has 5 heteroatoms. The van der Waals surface area contributed by atoms with Gasteiger partial charge in [0.2, 0.25) is 0 Å². The van der Waals surface area contributed by atoms with Crippen LogP contribution in [0.3, 0.4) is 0 Å². The van der Waals surface area contributed by atoms with E-state index in [1.165, 1.54) is 0 Å². The third kappa shape index (κ3) is 4.83. The topological polar surface area (TPSA) is 65.4 Å². The normalized spacial score (nSPS) is 12.4. The number of nitrogens with zero attached hydrogens (tertiary/aromatic N) is 1. The van der Waals surface area contributed by atoms with Gasteiger partial charge < -0.3 is 15.5 Å². The lowest BCUT2D eigenvalue weighted by atomic mass is 10.3. The molecule has 1 aromatic heterocycles. The average Bonchev–Trinajstić information content (AvgIpc) is 2.31. The number of thioether (sulfide) groups is 1. The van der Waals surface area contributed by atoms with Crippen LogP contribution in [-0.2, 0) is 5.75 Å². The standard InChI is InChI=1S/C11H18N2O2S/c1-2-12-11-4-3-9(5-13-11)7-16-8-10(15)6-14/h3-5,10,14-15H,2,6-8H2,1H3,(H,12,13). The number of hydrogen-bond acceptors (Lipinski definition) is 5. The van der Waals surface area contributed by atoms with E-state index < -0.39 is 6.10 Å². The fraction of sp³-hybridized carbons (Fsp3) is 0.545. The second-order valence-corrected chi connectivity index (χ2v) is 4.46. The minimum atomic E-state index is -0.626. The zero-order valence-electron chi connectivity index (χ0n) is 9.39. The number of aliphatic hydroxyl groups is 2. The molecule has 0 amide bonds. The molecule has 3 N–H and O–H groups in total. The van der Waals surface area contributed by atoms with Gasteiger partial charge in [0, 0.05) is 24.2 Å². The minimum absolute atomic E-state index is 0.176. The van der Waals surface area contributed by atoms with E-state index in [0.29, 0.717) is 5.75 Å². The third-order valence-corrected chi connectivity index (χ3v) is 3.13. The van der Waals surface area contributed by atoms with E-state index in [2.05, 4.69) is 10.3 Å². The maximum atomic E-state index is 9.15. The molecule has 1 heterocycles. The van der Waals surface area contributed by atoms with Gasteiger partial charge in [0.15, 0.2) is 0 Å². The zero-order chi connectivity index (χ0) is 11.8. The van der Waals surface area contributed by atoms with Crippen molar-refractivity contribution < 1.29 is 10.2 Å². The summed E-state index contributed by atoms with van der Waals surface area (Å²) >= 11 is 1.59. The van der Waals surface area contributed by atoms with Crippen LogP contribution in [0.5, 0.6) is 0 Å². The van der Waals surface area contributed by atoms with Crippen molar-refractivity contribution in [3.8, 4) is 0 Å². The second-order valence-electron chi connectivity index (χ2n) is 3.43. The third-order valence-electron chi connectivity index (χ3n) is 1.97. The molecule has 90 valence electrons. The van der Waals surface area contributed by atoms with Gasteiger partial charge in [0.05, 0.1) is 12.7 Å². The molecule has 0 spiro atoms. The molecule has 1 unspecified atom stereocenters. The molecule has 0 radical (unpaired) electrons. The fourth-order valence-corrected chi connectivity index (χ4v) is 2.06. The number of aliphatic hydroxyl groups excluding tert-OH is 2. The molecule has 4 nitrogen and oxygen atoms in total. The van der Waals surface area contributed by atoms with Gasteiger partial charge in [0.1, 0.15) is 5.82 Å². The second kappa shape index (κ2) is 7.49. The maximum absolute atomic E-state index is 9.15. The quantitative estimate of drug-likeness (QED) is 0.668. The summed E-state index contributed by atoms with van der Waals surface area (Å²) in [5.74, 6) is 2.23. The molecule has 0 aromatic carbocycles. The van der Waals surface area contributed by atoms with Crippen molar-refractivity contribution in [1.82, 2.24) is 4.98 Å². The first-order chi connectivity index (χ1) is 7.76. The van der Waals surface area contributed by atoms with Crippen molar-refractivity contribution in [1.29, 1.82) is 0 Å². The van der Waals surface area contributed by atoms with Crippen molar-refractivity contribution in [2.24, 2.45) is 0 Å². The van der Waals surface area contributed by atoms with Crippen LogP contribution in [0.15, 0.2) is 18.3 Å². The SMILES string of the molecule is CCNc1ccc(CSCC(O)CO)cn1. The van der Waals surface area contributed by atoms with Crippen molar-refractivity contribution in [2.45, 2.75) is 18.8 Å². The highest BCUT2D eigenvalue weighted by Gasteiger charge is 2.02. The first kappa shape index (κ1) is 13.3. The number of rotatable bonds is 7. The summed E-state index contributed by atoms with van der Waals surface area (Å²) in [5.41, 5.74) is 1.12. The van der Waals surface area contributed by atoms with E-state index >= 15 is 0 Å². The fourth-order valence-electron chi connectivity index (χ4n) is 1.16. The summed E-state index contributed by atoms with van der Waals surface area (Å²) < 4.78 is 0. The van der Waals surface area contributed by atoms with Crippen LogP contribution in [-0.4, -0.2) is 40.2 Å². The van der Waals surface area contributed by atoms with Crippen LogP contribution in [0.1, 0.15) is 12.5 Å². The first-order valence-corrected chi connectivity index (χ1v) is 6.47. The van der Waals surface area contributed by atoms with Crippen molar-refractivity contribution in [3.05, 3.63) is 23.9 Å². The molecular formula is C11H18N2O2S. The molecule has 0 aliphatic heterocycles. The van der Waals surface area contributed by atoms with Crippen molar-refractivity contribution in [3.63, 3.8) is 0 Å². The van der Waals surface area contributed by atoms with Crippen molar-refractivity contribution in [2.75, 3.05) is 24.2 Å². The number of anilines is 1. The Morgan fingerprint density at radius 1 is 1.50 bits per heavy atom. The van der Waals surface area contributed by atoms with E-state index in [1.54, 1.807) is 11.8 Å². The minimum Gasteiger partial charge on any atom is -0.394 e. The molecule has 0 aliphatic carbocycles. The number of hydrogen-bond donors (Lipinski definition) is 3. The highest BCUT2D eigenvalue weighted by Crippen LogP contribution is 2.13. The molecule has 1 atom stereocenters. The lowest BCUT2D eigenvalue weighted by molar-refractivity contribution is 0.113. The van der Waals surface area contributed by atoms with Gasteiger partial charge >= 0.3 is 0 Å². The van der Waals surface area contributed by atoms with Crippen LogP contribution in [0.4, 0.5) is 5.82 Å². The summed E-state index contributed by atoms with van der Waals surface area (Å²) in [6, 6.07) is 3.96. The van der Waals surface area contributed by atoms with Crippen molar-refractivity contribution >= 4 is 17.6 Å². The summed E-state index contributed by atoms with van der Waals surface area (Å²) in [6.07, 6.45) is 1.20. The predicted octanol–water partition coefficient (Wildman–Crippen LogP) is 1.10. The Kier molecular flexibility index (Phi) is 6.22. The van der Waals surface area contributed by atoms with Gasteiger partial charge in [-0.15, -0.1) is 0 Å². The Morgan fingerprint density at radius 2 is 2.31 bits per heavy atom. The Bertz CT molecular complexity index is 293. The number of aromatic nitrogens is 1. The highest BCUT2D eigenvalue weighted by molar-refractivity contribution is 7.98. The Balaban J connectivity index is 2.31. The first-order valence-electron chi connectivity index (χ1n) is 5.31. The zero-order valence-corrected chi connectivity index (χ0v) is 10.2. The molecule has 16 heavy (non-hydrogen) atoms. The van der Waals surface area contributed by atoms with Crippen LogP contribution >= 0.6 is 11.8 Å². The van der Waals surface area contributed by atoms with Gasteiger partial charge in [-0.1, -0.05) is 6.07 Å². The number of nitrogens with one attached hydrogen (secondary N) is 1. The Morgan fingerprint density at radius 3 is 2.88 bits per heavy atom. The van der Waals surface area contributed by atoms with Gasteiger partial charge in [-0.25, -0.2) is 4.98 Å². The van der Waals surface area contributed by atoms with Crippen LogP contribution in [0.25, 0.3) is 0 Å². The average molecular weight is 242 g/mol. The van der Waals surface area contributed by atoms with Gasteiger partial charge in [-0.05, 0) is 18.6 Å². The van der Waals surface area contributed by atoms with Gasteiger partial charge in [-0.2, -0.15) is 11.8 Å². The molecule has 0 bridgehead atoms. The Hall–Kier alpha value is -0.780. The number of pyridine rings is 1. The summed E-state index contributed by atoms with van der Waals surface area (Å²) in [7, 11) is 0. The highest BCUT2D eigenvalue weighted by atomic mass is 32.2. The van der Waals surface area contributed by atoms with E-state index in [-0.39, 0.29) is 6.61 Å². The van der Waals surface area contributed by atoms with Crippen LogP contribution in [0.2, 0.25) is 0 Å². The van der Waals surface area contributed by atoms with Crippen LogP contribution in [0, 0.1) is 0 Å². The monoisotopic (exact) mass is 242 g/mol. The molecular weight excluding hydrogens is 224 g/mol. The summed E-state index contributed by atoms with van der Waals surface area (Å²) in [4.78, 5) is 4.25. The van der Waals surface area contributed by atoms with E-state index in [0.717, 1.165) is 23.7 Å². The molecule has 0 aliphatic rings. The van der Waals surface area contributed by atoms with E-state index in [4.69, 9.17) is 10.2 Å². The van der Waals surface area contributed by atoms with Crippen LogP contribution < -0.4 is 5.32 Å². The largest absolute Gasteiger partial charge is 0.394 e. The smallest absolute Gasteiger partial charge is 0.125 e. The van der Waals surface area contributed by atoms with Gasteiger partial charge in [0.25, 0.3) is 0 Å². The maximum Gasteiger partial charge on any atom is 0.125 e. The molecule has 0 fully saturated rings. The molecule has 1 rings (SSSR count).